The Morgan fingerprint density at radius 2 is 1.68 bits per heavy atom. The molecule has 0 amide bonds. The van der Waals surface area contributed by atoms with Crippen LogP contribution in [0.15, 0.2) is 48.5 Å². The summed E-state index contributed by atoms with van der Waals surface area (Å²) in [5.41, 5.74) is 2.28. The highest BCUT2D eigenvalue weighted by Crippen LogP contribution is 2.30. The van der Waals surface area contributed by atoms with E-state index in [1.54, 1.807) is 12.1 Å². The lowest BCUT2D eigenvalue weighted by molar-refractivity contribution is 0.201. The molecule has 0 heterocycles. The lowest BCUT2D eigenvalue weighted by atomic mass is 9.77. The molecular weight excluding hydrogens is 239 g/mol. The van der Waals surface area contributed by atoms with Crippen LogP contribution in [0.25, 0.3) is 0 Å². The summed E-state index contributed by atoms with van der Waals surface area (Å²) in [6, 6.07) is 14.7. The Bertz CT molecular complexity index is 565. The van der Waals surface area contributed by atoms with E-state index in [1.165, 1.54) is 11.6 Å². The second-order valence-electron chi connectivity index (χ2n) is 5.30. The maximum absolute atomic E-state index is 14.0. The predicted octanol–water partition coefficient (Wildman–Crippen LogP) is 3.63. The number of hydrogen-bond acceptors (Lipinski definition) is 1. The Morgan fingerprint density at radius 3 is 2.32 bits per heavy atom. The molecule has 1 nitrogen and oxygen atoms in total. The van der Waals surface area contributed by atoms with Gasteiger partial charge in [-0.2, -0.15) is 0 Å². The summed E-state index contributed by atoms with van der Waals surface area (Å²) in [6.07, 6.45) is 0.622. The van der Waals surface area contributed by atoms with E-state index in [-0.39, 0.29) is 12.4 Å². The fourth-order valence-electron chi connectivity index (χ4n) is 2.42. The van der Waals surface area contributed by atoms with Gasteiger partial charge < -0.3 is 5.11 Å². The van der Waals surface area contributed by atoms with Gasteiger partial charge in [-0.25, -0.2) is 4.39 Å². The van der Waals surface area contributed by atoms with Crippen molar-refractivity contribution in [1.29, 1.82) is 0 Å². The number of benzene rings is 2. The molecular formula is C17H19FO. The highest BCUT2D eigenvalue weighted by Gasteiger charge is 2.29. The van der Waals surface area contributed by atoms with Gasteiger partial charge in [0.05, 0.1) is 6.61 Å². The lowest BCUT2D eigenvalue weighted by Gasteiger charge is -2.29. The van der Waals surface area contributed by atoms with Crippen molar-refractivity contribution < 1.29 is 9.50 Å². The highest BCUT2D eigenvalue weighted by atomic mass is 19.1. The molecule has 1 atom stereocenters. The molecule has 0 aliphatic heterocycles. The van der Waals surface area contributed by atoms with Crippen LogP contribution in [-0.2, 0) is 11.8 Å². The molecule has 0 saturated carbocycles. The standard InChI is InChI=1S/C17H19FO/c1-13-7-3-4-8-14(13)11-17(2,12-19)15-9-5-6-10-16(15)18/h3-10,19H,11-12H2,1-2H3. The van der Waals surface area contributed by atoms with Crippen LogP contribution in [-0.4, -0.2) is 11.7 Å². The molecule has 2 heteroatoms. The second kappa shape index (κ2) is 5.54. The molecule has 0 aliphatic rings. The van der Waals surface area contributed by atoms with Gasteiger partial charge in [0, 0.05) is 5.41 Å². The average molecular weight is 258 g/mol. The third-order valence-electron chi connectivity index (χ3n) is 3.71. The summed E-state index contributed by atoms with van der Waals surface area (Å²) in [5, 5.41) is 9.75. The Hall–Kier alpha value is -1.67. The maximum atomic E-state index is 14.0. The fourth-order valence-corrected chi connectivity index (χ4v) is 2.42. The number of hydrogen-bond donors (Lipinski definition) is 1. The number of aliphatic hydroxyl groups is 1. The normalized spacial score (nSPS) is 14.1. The molecule has 0 fully saturated rings. The van der Waals surface area contributed by atoms with Gasteiger partial charge in [-0.1, -0.05) is 49.4 Å². The van der Waals surface area contributed by atoms with Crippen LogP contribution in [0.4, 0.5) is 4.39 Å². The number of rotatable bonds is 4. The number of aliphatic hydroxyl groups excluding tert-OH is 1. The van der Waals surface area contributed by atoms with Crippen molar-refractivity contribution in [3.8, 4) is 0 Å². The van der Waals surface area contributed by atoms with E-state index in [4.69, 9.17) is 0 Å². The van der Waals surface area contributed by atoms with Crippen molar-refractivity contribution in [2.45, 2.75) is 25.7 Å². The van der Waals surface area contributed by atoms with Crippen LogP contribution < -0.4 is 0 Å². The minimum Gasteiger partial charge on any atom is -0.395 e. The zero-order chi connectivity index (χ0) is 13.9. The first-order valence-electron chi connectivity index (χ1n) is 6.47. The first-order chi connectivity index (χ1) is 9.07. The van der Waals surface area contributed by atoms with Crippen LogP contribution in [0.2, 0.25) is 0 Å². The summed E-state index contributed by atoms with van der Waals surface area (Å²) in [4.78, 5) is 0. The quantitative estimate of drug-likeness (QED) is 0.888. The average Bonchev–Trinajstić information content (AvgIpc) is 2.42. The van der Waals surface area contributed by atoms with Crippen molar-refractivity contribution in [1.82, 2.24) is 0 Å². The molecule has 2 aromatic rings. The third-order valence-corrected chi connectivity index (χ3v) is 3.71. The van der Waals surface area contributed by atoms with Crippen molar-refractivity contribution in [3.05, 3.63) is 71.0 Å². The van der Waals surface area contributed by atoms with Crippen molar-refractivity contribution in [3.63, 3.8) is 0 Å². The van der Waals surface area contributed by atoms with E-state index in [9.17, 15) is 9.50 Å². The SMILES string of the molecule is Cc1ccccc1CC(C)(CO)c1ccccc1F. The van der Waals surface area contributed by atoms with Crippen molar-refractivity contribution in [2.75, 3.05) is 6.61 Å². The van der Waals surface area contributed by atoms with Gasteiger partial charge in [0.15, 0.2) is 0 Å². The molecule has 1 unspecified atom stereocenters. The van der Waals surface area contributed by atoms with Gasteiger partial charge in [0.1, 0.15) is 5.82 Å². The lowest BCUT2D eigenvalue weighted by Crippen LogP contribution is -2.31. The third kappa shape index (κ3) is 2.85. The molecule has 1 N–H and O–H groups in total. The zero-order valence-corrected chi connectivity index (χ0v) is 11.4. The monoisotopic (exact) mass is 258 g/mol. The van der Waals surface area contributed by atoms with Crippen molar-refractivity contribution in [2.24, 2.45) is 0 Å². The molecule has 2 aromatic carbocycles. The van der Waals surface area contributed by atoms with Gasteiger partial charge in [0.25, 0.3) is 0 Å². The van der Waals surface area contributed by atoms with E-state index >= 15 is 0 Å². The minimum atomic E-state index is -0.600. The smallest absolute Gasteiger partial charge is 0.127 e. The Balaban J connectivity index is 2.39. The van der Waals surface area contributed by atoms with Gasteiger partial charge in [-0.05, 0) is 36.1 Å². The Morgan fingerprint density at radius 1 is 1.05 bits per heavy atom. The molecule has 0 aliphatic carbocycles. The van der Waals surface area contributed by atoms with Crippen LogP contribution in [0.1, 0.15) is 23.6 Å². The minimum absolute atomic E-state index is 0.0811. The van der Waals surface area contributed by atoms with Crippen LogP contribution >= 0.6 is 0 Å². The summed E-state index contributed by atoms with van der Waals surface area (Å²) in [6.45, 7) is 3.86. The van der Waals surface area contributed by atoms with E-state index in [2.05, 4.69) is 0 Å². The Labute approximate surface area is 113 Å². The summed E-state index contributed by atoms with van der Waals surface area (Å²) in [5.74, 6) is -0.257. The van der Waals surface area contributed by atoms with Crippen LogP contribution in [0.3, 0.4) is 0 Å². The molecule has 0 bridgehead atoms. The zero-order valence-electron chi connectivity index (χ0n) is 11.4. The van der Waals surface area contributed by atoms with Crippen LogP contribution in [0, 0.1) is 12.7 Å². The van der Waals surface area contributed by atoms with Gasteiger partial charge in [-0.15, -0.1) is 0 Å². The van der Waals surface area contributed by atoms with Gasteiger partial charge in [0.2, 0.25) is 0 Å². The number of aryl methyl sites for hydroxylation is 1. The van der Waals surface area contributed by atoms with Crippen molar-refractivity contribution >= 4 is 0 Å². The molecule has 19 heavy (non-hydrogen) atoms. The molecule has 0 spiro atoms. The van der Waals surface area contributed by atoms with E-state index in [0.717, 1.165) is 5.56 Å². The topological polar surface area (TPSA) is 20.2 Å². The van der Waals surface area contributed by atoms with Gasteiger partial charge in [-0.3, -0.25) is 0 Å². The van der Waals surface area contributed by atoms with E-state index in [0.29, 0.717) is 12.0 Å². The summed E-state index contributed by atoms with van der Waals surface area (Å²) >= 11 is 0. The van der Waals surface area contributed by atoms with E-state index < -0.39 is 5.41 Å². The maximum Gasteiger partial charge on any atom is 0.127 e. The molecule has 0 radical (unpaired) electrons. The molecule has 0 saturated heterocycles. The van der Waals surface area contributed by atoms with Crippen LogP contribution in [0.5, 0.6) is 0 Å². The summed E-state index contributed by atoms with van der Waals surface area (Å²) < 4.78 is 14.0. The number of halogens is 1. The highest BCUT2D eigenvalue weighted by molar-refractivity contribution is 5.33. The van der Waals surface area contributed by atoms with E-state index in [1.807, 2.05) is 44.2 Å². The molecule has 2 rings (SSSR count). The largest absolute Gasteiger partial charge is 0.395 e. The second-order valence-corrected chi connectivity index (χ2v) is 5.30. The summed E-state index contributed by atoms with van der Waals surface area (Å²) in [7, 11) is 0. The molecule has 0 aromatic heterocycles. The fraction of sp³-hybridized carbons (Fsp3) is 0.294. The predicted molar refractivity (Wildman–Crippen MR) is 75.7 cm³/mol. The first-order valence-corrected chi connectivity index (χ1v) is 6.47. The van der Waals surface area contributed by atoms with Gasteiger partial charge >= 0.3 is 0 Å². The molecule has 100 valence electrons. The Kier molecular flexibility index (Phi) is 4.01. The first kappa shape index (κ1) is 13.8.